The molecular weight excluding hydrogens is 685 g/mol. The predicted octanol–water partition coefficient (Wildman–Crippen LogP) is 7.80. The van der Waals surface area contributed by atoms with E-state index in [0.29, 0.717) is 21.9 Å². The third-order valence-electron chi connectivity index (χ3n) is 9.14. The topological polar surface area (TPSA) is 92.3 Å². The van der Waals surface area contributed by atoms with Crippen LogP contribution in [-0.4, -0.2) is 29.9 Å². The van der Waals surface area contributed by atoms with Gasteiger partial charge < -0.3 is 0 Å². The van der Waals surface area contributed by atoms with Crippen molar-refractivity contribution in [3.05, 3.63) is 180 Å². The lowest BCUT2D eigenvalue weighted by atomic mass is 9.98. The lowest BCUT2D eigenvalue weighted by Gasteiger charge is -2.29. The highest BCUT2D eigenvalue weighted by Gasteiger charge is 2.39. The number of hydrogen-bond acceptors (Lipinski definition) is 6. The van der Waals surface area contributed by atoms with Crippen molar-refractivity contribution in [3.8, 4) is 24.7 Å². The van der Waals surface area contributed by atoms with Gasteiger partial charge in [0.25, 0.3) is 0 Å². The molecule has 8 heteroatoms. The average Bonchev–Trinajstić information content (AvgIpc) is 3.18. The zero-order chi connectivity index (χ0) is 36.6. The molecule has 6 rings (SSSR count). The third kappa shape index (κ3) is 7.72. The number of benzene rings is 6. The Bertz CT molecular complexity index is 2250. The summed E-state index contributed by atoms with van der Waals surface area (Å²) in [6.45, 7) is 0.335. The van der Waals surface area contributed by atoms with E-state index in [1.165, 1.54) is 0 Å². The van der Waals surface area contributed by atoms with Gasteiger partial charge in [-0.05, 0) is 57.3 Å². The molecule has 0 unspecified atom stereocenters. The van der Waals surface area contributed by atoms with Crippen LogP contribution in [0.3, 0.4) is 0 Å². The van der Waals surface area contributed by atoms with Gasteiger partial charge in [-0.3, -0.25) is 10.6 Å². The quantitative estimate of drug-likeness (QED) is 0.112. The summed E-state index contributed by atoms with van der Waals surface area (Å²) < 4.78 is 58.9. The molecule has 0 spiro atoms. The second-order valence-electron chi connectivity index (χ2n) is 12.4. The summed E-state index contributed by atoms with van der Waals surface area (Å²) in [6.07, 6.45) is 11.2. The van der Waals surface area contributed by atoms with Gasteiger partial charge in [0.15, 0.2) is 19.7 Å². The van der Waals surface area contributed by atoms with Gasteiger partial charge in [0.1, 0.15) is 10.5 Å². The van der Waals surface area contributed by atoms with Crippen molar-refractivity contribution in [1.29, 1.82) is 0 Å². The molecule has 6 nitrogen and oxygen atoms in total. The summed E-state index contributed by atoms with van der Waals surface area (Å²) in [7, 11) is -8.07. The van der Waals surface area contributed by atoms with Crippen molar-refractivity contribution in [2.75, 3.05) is 13.1 Å². The number of nitrogens with one attached hydrogen (secondary N) is 2. The monoisotopic (exact) mass is 722 g/mol. The van der Waals surface area contributed by atoms with Crippen LogP contribution in [0.15, 0.2) is 168 Å². The molecule has 0 aromatic heterocycles. The van der Waals surface area contributed by atoms with Crippen LogP contribution in [-0.2, 0) is 19.7 Å². The highest BCUT2D eigenvalue weighted by molar-refractivity contribution is 7.92. The minimum absolute atomic E-state index is 0.109. The molecule has 0 bridgehead atoms. The summed E-state index contributed by atoms with van der Waals surface area (Å²) in [5.41, 5.74) is 2.79. The molecule has 0 heterocycles. The molecule has 0 saturated carbocycles. The predicted molar refractivity (Wildman–Crippen MR) is 209 cm³/mol. The van der Waals surface area contributed by atoms with E-state index in [2.05, 4.69) is 22.5 Å². The fraction of sp³-hybridized carbons (Fsp3) is 0.136. The van der Waals surface area contributed by atoms with Gasteiger partial charge >= 0.3 is 0 Å². The zero-order valence-electron chi connectivity index (χ0n) is 28.3. The van der Waals surface area contributed by atoms with Crippen molar-refractivity contribution >= 4 is 30.4 Å². The molecule has 0 amide bonds. The highest BCUT2D eigenvalue weighted by atomic mass is 32.2. The van der Waals surface area contributed by atoms with Crippen molar-refractivity contribution in [2.45, 2.75) is 32.4 Å². The van der Waals surface area contributed by atoms with Gasteiger partial charge in [-0.15, -0.1) is 12.8 Å². The first kappa shape index (κ1) is 36.3. The van der Waals surface area contributed by atoms with E-state index >= 15 is 0 Å². The molecule has 0 aliphatic rings. The van der Waals surface area contributed by atoms with Gasteiger partial charge in [-0.1, -0.05) is 145 Å². The maximum absolute atomic E-state index is 14.7. The number of rotatable bonds is 14. The largest absolute Gasteiger partial charge is 0.298 e. The van der Waals surface area contributed by atoms with E-state index in [9.17, 15) is 16.8 Å². The Balaban J connectivity index is 1.43. The molecule has 0 radical (unpaired) electrons. The summed E-state index contributed by atoms with van der Waals surface area (Å²) >= 11 is 0. The minimum Gasteiger partial charge on any atom is -0.298 e. The number of hydrogen-bond donors (Lipinski definition) is 2. The molecule has 0 aliphatic heterocycles. The number of sulfone groups is 2. The van der Waals surface area contributed by atoms with Crippen LogP contribution in [0.25, 0.3) is 10.8 Å². The average molecular weight is 723 g/mol. The molecule has 52 heavy (non-hydrogen) atoms. The zero-order valence-corrected chi connectivity index (χ0v) is 30.0. The van der Waals surface area contributed by atoms with Crippen LogP contribution >= 0.6 is 0 Å². The Kier molecular flexibility index (Phi) is 11.3. The number of terminal acetylenes is 2. The molecular formula is C44H38N2O4S2. The summed E-state index contributed by atoms with van der Waals surface area (Å²) in [4.78, 5) is 0.218. The second-order valence-corrected chi connectivity index (χ2v) is 16.5. The van der Waals surface area contributed by atoms with Crippen molar-refractivity contribution in [1.82, 2.24) is 10.6 Å². The van der Waals surface area contributed by atoms with Gasteiger partial charge in [0.2, 0.25) is 0 Å². The minimum atomic E-state index is -4.04. The molecule has 6 aromatic carbocycles. The van der Waals surface area contributed by atoms with Crippen LogP contribution < -0.4 is 10.6 Å². The van der Waals surface area contributed by atoms with Crippen LogP contribution in [0.4, 0.5) is 0 Å². The van der Waals surface area contributed by atoms with Crippen molar-refractivity contribution in [2.24, 2.45) is 0 Å². The lowest BCUT2D eigenvalue weighted by molar-refractivity contribution is 0.513. The van der Waals surface area contributed by atoms with E-state index in [-0.39, 0.29) is 22.9 Å². The van der Waals surface area contributed by atoms with Crippen LogP contribution in [0.2, 0.25) is 0 Å². The molecule has 0 aliphatic carbocycles. The molecule has 2 N–H and O–H groups in total. The first-order valence-electron chi connectivity index (χ1n) is 16.8. The molecule has 6 aromatic rings. The standard InChI is InChI=1S/C44H38N2O4S2/c1-3-29-45-41(33-17-9-5-10-18-33)43(35-21-13-7-14-22-35)51(47,48)39-27-25-38-32-40(28-26-37(38)31-39)52(49,50)44(36-23-15-8-16-24-36)42(46-30-4-2)34-19-11-6-12-20-34/h1-2,5-28,31-32,41-46H,29-30H2/t41-,42-,43-,44-/m1/s1. The molecule has 0 fully saturated rings. The van der Waals surface area contributed by atoms with E-state index in [1.807, 2.05) is 97.1 Å². The Morgan fingerprint density at radius 1 is 0.442 bits per heavy atom. The van der Waals surface area contributed by atoms with Gasteiger partial charge in [-0.2, -0.15) is 0 Å². The molecule has 0 saturated heterocycles. The summed E-state index contributed by atoms with van der Waals surface area (Å²) in [6, 6.07) is 45.3. The van der Waals surface area contributed by atoms with Crippen LogP contribution in [0.5, 0.6) is 0 Å². The summed E-state index contributed by atoms with van der Waals surface area (Å²) in [5.74, 6) is 5.17. The van der Waals surface area contributed by atoms with Crippen LogP contribution in [0.1, 0.15) is 44.8 Å². The Morgan fingerprint density at radius 2 is 0.750 bits per heavy atom. The summed E-state index contributed by atoms with van der Waals surface area (Å²) in [5, 5.41) is 5.70. The first-order valence-corrected chi connectivity index (χ1v) is 19.9. The van der Waals surface area contributed by atoms with Crippen molar-refractivity contribution in [3.63, 3.8) is 0 Å². The van der Waals surface area contributed by atoms with E-state index in [4.69, 9.17) is 12.8 Å². The Hall–Kier alpha value is -5.48. The van der Waals surface area contributed by atoms with Gasteiger partial charge in [-0.25, -0.2) is 16.8 Å². The van der Waals surface area contributed by atoms with E-state index in [0.717, 1.165) is 11.1 Å². The third-order valence-corrected chi connectivity index (χ3v) is 13.4. The fourth-order valence-corrected chi connectivity index (χ4v) is 10.6. The van der Waals surface area contributed by atoms with Gasteiger partial charge in [0, 0.05) is 0 Å². The van der Waals surface area contributed by atoms with Crippen molar-refractivity contribution < 1.29 is 16.8 Å². The Morgan fingerprint density at radius 3 is 1.06 bits per heavy atom. The molecule has 260 valence electrons. The number of fused-ring (bicyclic) bond motifs is 1. The van der Waals surface area contributed by atoms with E-state index in [1.54, 1.807) is 60.7 Å². The second kappa shape index (κ2) is 16.2. The maximum atomic E-state index is 14.7. The smallest absolute Gasteiger partial charge is 0.187 e. The normalized spacial score (nSPS) is 14.0. The lowest BCUT2D eigenvalue weighted by Crippen LogP contribution is -2.32. The van der Waals surface area contributed by atoms with Gasteiger partial charge in [0.05, 0.1) is 35.0 Å². The fourth-order valence-electron chi connectivity index (χ4n) is 6.69. The first-order chi connectivity index (χ1) is 25.3. The Labute approximate surface area is 306 Å². The maximum Gasteiger partial charge on any atom is 0.187 e. The SMILES string of the molecule is C#CCN[C@H](c1ccccc1)[C@@H](c1ccccc1)S(=O)(=O)c1ccc2cc(S(=O)(=O)[C@H](c3ccccc3)[C@H](NCC#C)c3ccccc3)ccc2c1. The molecule has 4 atom stereocenters. The highest BCUT2D eigenvalue weighted by Crippen LogP contribution is 2.42. The van der Waals surface area contributed by atoms with E-state index < -0.39 is 42.3 Å². The van der Waals surface area contributed by atoms with Crippen LogP contribution in [0, 0.1) is 24.7 Å².